The monoisotopic (exact) mass is 305 g/mol. The van der Waals surface area contributed by atoms with E-state index in [1.807, 2.05) is 44.2 Å². The first-order valence-corrected chi connectivity index (χ1v) is 7.31. The summed E-state index contributed by atoms with van der Waals surface area (Å²) >= 11 is 6.00. The number of aliphatic hydroxyl groups is 1. The number of halogens is 1. The van der Waals surface area contributed by atoms with E-state index >= 15 is 0 Å². The SMILES string of the molecule is Cc1cccc(C)c1NCC(O)COc1ccccc1Cl. The lowest BCUT2D eigenvalue weighted by Gasteiger charge is -2.17. The minimum absolute atomic E-state index is 0.196. The third-order valence-corrected chi connectivity index (χ3v) is 3.58. The number of ether oxygens (including phenoxy) is 1. The normalized spacial score (nSPS) is 12.0. The van der Waals surface area contributed by atoms with E-state index in [1.54, 1.807) is 12.1 Å². The predicted molar refractivity (Wildman–Crippen MR) is 87.4 cm³/mol. The number of hydrogen-bond acceptors (Lipinski definition) is 3. The topological polar surface area (TPSA) is 41.5 Å². The lowest BCUT2D eigenvalue weighted by Crippen LogP contribution is -2.26. The van der Waals surface area contributed by atoms with E-state index in [0.717, 1.165) is 16.8 Å². The van der Waals surface area contributed by atoms with Gasteiger partial charge in [-0.15, -0.1) is 0 Å². The minimum Gasteiger partial charge on any atom is -0.489 e. The molecule has 0 saturated carbocycles. The standard InChI is InChI=1S/C17H20ClNO2/c1-12-6-5-7-13(2)17(12)19-10-14(20)11-21-16-9-4-3-8-15(16)18/h3-9,14,19-20H,10-11H2,1-2H3. The van der Waals surface area contributed by atoms with Gasteiger partial charge in [0.15, 0.2) is 0 Å². The molecule has 0 radical (unpaired) electrons. The molecule has 0 aliphatic heterocycles. The van der Waals surface area contributed by atoms with Crippen LogP contribution < -0.4 is 10.1 Å². The minimum atomic E-state index is -0.611. The highest BCUT2D eigenvalue weighted by molar-refractivity contribution is 6.32. The summed E-state index contributed by atoms with van der Waals surface area (Å²) < 4.78 is 5.53. The van der Waals surface area contributed by atoms with Crippen LogP contribution in [0.4, 0.5) is 5.69 Å². The van der Waals surface area contributed by atoms with E-state index in [4.69, 9.17) is 16.3 Å². The number of nitrogens with one attached hydrogen (secondary N) is 1. The maximum absolute atomic E-state index is 10.0. The summed E-state index contributed by atoms with van der Waals surface area (Å²) in [7, 11) is 0. The highest BCUT2D eigenvalue weighted by atomic mass is 35.5. The summed E-state index contributed by atoms with van der Waals surface area (Å²) in [4.78, 5) is 0. The third-order valence-electron chi connectivity index (χ3n) is 3.26. The van der Waals surface area contributed by atoms with Gasteiger partial charge in [-0.3, -0.25) is 0 Å². The van der Waals surface area contributed by atoms with Crippen molar-refractivity contribution in [2.75, 3.05) is 18.5 Å². The molecule has 0 saturated heterocycles. The first-order chi connectivity index (χ1) is 10.1. The Morgan fingerprint density at radius 1 is 1.10 bits per heavy atom. The van der Waals surface area contributed by atoms with Gasteiger partial charge in [0.25, 0.3) is 0 Å². The van der Waals surface area contributed by atoms with Gasteiger partial charge in [0, 0.05) is 12.2 Å². The summed E-state index contributed by atoms with van der Waals surface area (Å²) in [6.45, 7) is 4.71. The van der Waals surface area contributed by atoms with E-state index in [9.17, 15) is 5.11 Å². The molecular weight excluding hydrogens is 286 g/mol. The molecule has 0 amide bonds. The molecule has 0 aliphatic rings. The number of rotatable bonds is 6. The van der Waals surface area contributed by atoms with Gasteiger partial charge in [0.2, 0.25) is 0 Å². The first kappa shape index (κ1) is 15.7. The number of hydrogen-bond donors (Lipinski definition) is 2. The molecule has 112 valence electrons. The van der Waals surface area contributed by atoms with E-state index in [2.05, 4.69) is 5.32 Å². The molecular formula is C17H20ClNO2. The second-order valence-corrected chi connectivity index (χ2v) is 5.45. The van der Waals surface area contributed by atoms with Gasteiger partial charge in [0.05, 0.1) is 5.02 Å². The average Bonchev–Trinajstić information content (AvgIpc) is 2.46. The molecule has 21 heavy (non-hydrogen) atoms. The van der Waals surface area contributed by atoms with Crippen molar-refractivity contribution < 1.29 is 9.84 Å². The Hall–Kier alpha value is -1.71. The lowest BCUT2D eigenvalue weighted by atomic mass is 10.1. The molecule has 0 heterocycles. The zero-order valence-corrected chi connectivity index (χ0v) is 13.0. The molecule has 4 heteroatoms. The van der Waals surface area contributed by atoms with Crippen LogP contribution in [0.3, 0.4) is 0 Å². The molecule has 2 aromatic rings. The summed E-state index contributed by atoms with van der Waals surface area (Å²) in [5.41, 5.74) is 3.39. The molecule has 0 bridgehead atoms. The fraction of sp³-hybridized carbons (Fsp3) is 0.294. The van der Waals surface area contributed by atoms with Crippen LogP contribution >= 0.6 is 11.6 Å². The van der Waals surface area contributed by atoms with E-state index < -0.39 is 6.10 Å². The van der Waals surface area contributed by atoms with Crippen LogP contribution in [0.15, 0.2) is 42.5 Å². The maximum atomic E-state index is 10.0. The maximum Gasteiger partial charge on any atom is 0.138 e. The van der Waals surface area contributed by atoms with Gasteiger partial charge < -0.3 is 15.2 Å². The zero-order chi connectivity index (χ0) is 15.2. The van der Waals surface area contributed by atoms with Crippen molar-refractivity contribution in [1.29, 1.82) is 0 Å². The largest absolute Gasteiger partial charge is 0.489 e. The number of benzene rings is 2. The van der Waals surface area contributed by atoms with Crippen LogP contribution in [0.1, 0.15) is 11.1 Å². The van der Waals surface area contributed by atoms with E-state index in [0.29, 0.717) is 17.3 Å². The van der Waals surface area contributed by atoms with Crippen molar-refractivity contribution in [3.05, 3.63) is 58.6 Å². The van der Waals surface area contributed by atoms with Crippen molar-refractivity contribution >= 4 is 17.3 Å². The Bertz CT molecular complexity index is 581. The third kappa shape index (κ3) is 4.38. The second-order valence-electron chi connectivity index (χ2n) is 5.04. The first-order valence-electron chi connectivity index (χ1n) is 6.93. The molecule has 0 fully saturated rings. The van der Waals surface area contributed by atoms with Gasteiger partial charge in [-0.1, -0.05) is 41.9 Å². The summed E-state index contributed by atoms with van der Waals surface area (Å²) in [6.07, 6.45) is -0.611. The molecule has 2 aromatic carbocycles. The number of aryl methyl sites for hydroxylation is 2. The van der Waals surface area contributed by atoms with Gasteiger partial charge in [0.1, 0.15) is 18.5 Å². The zero-order valence-electron chi connectivity index (χ0n) is 12.3. The Kier molecular flexibility index (Phi) is 5.48. The van der Waals surface area contributed by atoms with Crippen LogP contribution in [-0.2, 0) is 0 Å². The van der Waals surface area contributed by atoms with Crippen LogP contribution in [0.5, 0.6) is 5.75 Å². The second kappa shape index (κ2) is 7.34. The van der Waals surface area contributed by atoms with Crippen LogP contribution in [0, 0.1) is 13.8 Å². The van der Waals surface area contributed by atoms with Crippen molar-refractivity contribution in [1.82, 2.24) is 0 Å². The van der Waals surface area contributed by atoms with Crippen molar-refractivity contribution in [2.45, 2.75) is 20.0 Å². The lowest BCUT2D eigenvalue weighted by molar-refractivity contribution is 0.117. The van der Waals surface area contributed by atoms with Crippen molar-refractivity contribution in [3.63, 3.8) is 0 Å². The van der Waals surface area contributed by atoms with Gasteiger partial charge in [-0.25, -0.2) is 0 Å². The van der Waals surface area contributed by atoms with Crippen LogP contribution in [0.2, 0.25) is 5.02 Å². The molecule has 0 aliphatic carbocycles. The van der Waals surface area contributed by atoms with Crippen LogP contribution in [0.25, 0.3) is 0 Å². The van der Waals surface area contributed by atoms with Crippen molar-refractivity contribution in [2.24, 2.45) is 0 Å². The predicted octanol–water partition coefficient (Wildman–Crippen LogP) is 3.81. The molecule has 0 spiro atoms. The van der Waals surface area contributed by atoms with Crippen molar-refractivity contribution in [3.8, 4) is 5.75 Å². The Morgan fingerprint density at radius 2 is 1.76 bits per heavy atom. The fourth-order valence-corrected chi connectivity index (χ4v) is 2.31. The number of aliphatic hydroxyl groups excluding tert-OH is 1. The molecule has 0 aromatic heterocycles. The summed E-state index contributed by atoms with van der Waals surface area (Å²) in [5.74, 6) is 0.588. The molecule has 1 unspecified atom stereocenters. The molecule has 3 nitrogen and oxygen atoms in total. The van der Waals surface area contributed by atoms with E-state index in [-0.39, 0.29) is 6.61 Å². The average molecular weight is 306 g/mol. The Labute approximate surface area is 130 Å². The Balaban J connectivity index is 1.85. The summed E-state index contributed by atoms with van der Waals surface area (Å²) in [6, 6.07) is 13.3. The smallest absolute Gasteiger partial charge is 0.138 e. The van der Waals surface area contributed by atoms with Crippen LogP contribution in [-0.4, -0.2) is 24.4 Å². The number of anilines is 1. The summed E-state index contributed by atoms with van der Waals surface area (Å²) in [5, 5.41) is 13.8. The highest BCUT2D eigenvalue weighted by Gasteiger charge is 2.09. The van der Waals surface area contributed by atoms with Gasteiger partial charge in [-0.05, 0) is 37.1 Å². The number of para-hydroxylation sites is 2. The fourth-order valence-electron chi connectivity index (χ4n) is 2.12. The quantitative estimate of drug-likeness (QED) is 0.853. The van der Waals surface area contributed by atoms with E-state index in [1.165, 1.54) is 0 Å². The highest BCUT2D eigenvalue weighted by Crippen LogP contribution is 2.23. The molecule has 2 N–H and O–H groups in total. The Morgan fingerprint density at radius 3 is 2.43 bits per heavy atom. The van der Waals surface area contributed by atoms with Gasteiger partial charge >= 0.3 is 0 Å². The molecule has 1 atom stereocenters. The molecule has 2 rings (SSSR count). The van der Waals surface area contributed by atoms with Gasteiger partial charge in [-0.2, -0.15) is 0 Å².